The molecule has 1 aromatic rings. The molecule has 1 unspecified atom stereocenters. The standard InChI is InChI=1S/C10H13IN4/c11-7-4-15(6-2-1-3-6)10-8(7)9(12)13-5-14-10/h5-7H,1-4H2,(H2,12,13,14). The Morgan fingerprint density at radius 2 is 2.20 bits per heavy atom. The largest absolute Gasteiger partial charge is 0.383 e. The molecule has 0 saturated heterocycles. The topological polar surface area (TPSA) is 55.0 Å². The summed E-state index contributed by atoms with van der Waals surface area (Å²) in [6.45, 7) is 1.05. The summed E-state index contributed by atoms with van der Waals surface area (Å²) in [5, 5.41) is 0. The zero-order valence-corrected chi connectivity index (χ0v) is 10.5. The van der Waals surface area contributed by atoms with Crippen LogP contribution in [0.4, 0.5) is 11.6 Å². The predicted molar refractivity (Wildman–Crippen MR) is 68.2 cm³/mol. The highest BCUT2D eigenvalue weighted by Gasteiger charge is 2.36. The minimum atomic E-state index is 0.444. The summed E-state index contributed by atoms with van der Waals surface area (Å²) < 4.78 is 0.444. The molecule has 0 radical (unpaired) electrons. The molecular formula is C10H13IN4. The lowest BCUT2D eigenvalue weighted by Crippen LogP contribution is -2.39. The number of hydrogen-bond donors (Lipinski definition) is 1. The number of halogens is 1. The molecule has 1 aliphatic heterocycles. The fourth-order valence-electron chi connectivity index (χ4n) is 2.30. The first kappa shape index (κ1) is 9.62. The molecule has 1 saturated carbocycles. The predicted octanol–water partition coefficient (Wildman–Crippen LogP) is 1.91. The Morgan fingerprint density at radius 1 is 1.40 bits per heavy atom. The van der Waals surface area contributed by atoms with Gasteiger partial charge in [0.15, 0.2) is 0 Å². The lowest BCUT2D eigenvalue weighted by atomic mass is 9.92. The molecule has 0 aromatic carbocycles. The van der Waals surface area contributed by atoms with Crippen molar-refractivity contribution in [2.24, 2.45) is 0 Å². The maximum Gasteiger partial charge on any atom is 0.138 e. The van der Waals surface area contributed by atoms with Crippen molar-refractivity contribution >= 4 is 34.2 Å². The lowest BCUT2D eigenvalue weighted by molar-refractivity contribution is 0.391. The van der Waals surface area contributed by atoms with Gasteiger partial charge in [0.25, 0.3) is 0 Å². The van der Waals surface area contributed by atoms with Gasteiger partial charge in [0, 0.05) is 12.6 Å². The van der Waals surface area contributed by atoms with Gasteiger partial charge in [-0.15, -0.1) is 0 Å². The van der Waals surface area contributed by atoms with Crippen LogP contribution in [-0.2, 0) is 0 Å². The summed E-state index contributed by atoms with van der Waals surface area (Å²) in [7, 11) is 0. The van der Waals surface area contributed by atoms with Crippen molar-refractivity contribution < 1.29 is 0 Å². The number of nitrogen functional groups attached to an aromatic ring is 1. The van der Waals surface area contributed by atoms with E-state index in [9.17, 15) is 0 Å². The average molecular weight is 316 g/mol. The maximum atomic E-state index is 5.90. The van der Waals surface area contributed by atoms with Crippen LogP contribution in [0, 0.1) is 0 Å². The fraction of sp³-hybridized carbons (Fsp3) is 0.600. The van der Waals surface area contributed by atoms with Crippen LogP contribution in [-0.4, -0.2) is 22.6 Å². The van der Waals surface area contributed by atoms with E-state index in [1.54, 1.807) is 6.33 Å². The normalized spacial score (nSPS) is 25.1. The molecule has 2 N–H and O–H groups in total. The van der Waals surface area contributed by atoms with Crippen molar-refractivity contribution in [3.05, 3.63) is 11.9 Å². The Kier molecular flexibility index (Phi) is 2.22. The number of nitrogens with two attached hydrogens (primary N) is 1. The number of rotatable bonds is 1. The van der Waals surface area contributed by atoms with E-state index in [2.05, 4.69) is 37.5 Å². The Balaban J connectivity index is 2.01. The van der Waals surface area contributed by atoms with E-state index in [-0.39, 0.29) is 0 Å². The first-order valence-corrected chi connectivity index (χ1v) is 6.53. The van der Waals surface area contributed by atoms with E-state index in [4.69, 9.17) is 5.73 Å². The van der Waals surface area contributed by atoms with Gasteiger partial charge in [0.05, 0.1) is 9.49 Å². The summed E-state index contributed by atoms with van der Waals surface area (Å²) in [6, 6.07) is 0.692. The van der Waals surface area contributed by atoms with Gasteiger partial charge in [-0.05, 0) is 19.3 Å². The van der Waals surface area contributed by atoms with E-state index < -0.39 is 0 Å². The van der Waals surface area contributed by atoms with Crippen LogP contribution in [0.25, 0.3) is 0 Å². The highest BCUT2D eigenvalue weighted by atomic mass is 127. The summed E-state index contributed by atoms with van der Waals surface area (Å²) in [5.41, 5.74) is 7.05. The number of anilines is 2. The molecule has 0 spiro atoms. The molecule has 1 atom stereocenters. The fourth-order valence-corrected chi connectivity index (χ4v) is 3.32. The van der Waals surface area contributed by atoms with Gasteiger partial charge in [-0.2, -0.15) is 0 Å². The van der Waals surface area contributed by atoms with Crippen molar-refractivity contribution in [3.8, 4) is 0 Å². The molecule has 0 bridgehead atoms. The first-order valence-electron chi connectivity index (χ1n) is 5.28. The molecule has 4 nitrogen and oxygen atoms in total. The van der Waals surface area contributed by atoms with Crippen LogP contribution < -0.4 is 10.6 Å². The minimum absolute atomic E-state index is 0.444. The second-order valence-corrected chi connectivity index (χ2v) is 5.70. The molecule has 15 heavy (non-hydrogen) atoms. The van der Waals surface area contributed by atoms with E-state index in [0.29, 0.717) is 15.8 Å². The van der Waals surface area contributed by atoms with E-state index in [1.165, 1.54) is 19.3 Å². The van der Waals surface area contributed by atoms with Gasteiger partial charge in [0.2, 0.25) is 0 Å². The van der Waals surface area contributed by atoms with Crippen LogP contribution in [0.1, 0.15) is 28.8 Å². The second-order valence-electron chi connectivity index (χ2n) is 4.20. The molecular weight excluding hydrogens is 303 g/mol. The zero-order valence-electron chi connectivity index (χ0n) is 8.36. The zero-order chi connectivity index (χ0) is 10.4. The molecule has 5 heteroatoms. The minimum Gasteiger partial charge on any atom is -0.383 e. The van der Waals surface area contributed by atoms with E-state index >= 15 is 0 Å². The molecule has 1 aliphatic carbocycles. The second kappa shape index (κ2) is 3.47. The molecule has 80 valence electrons. The van der Waals surface area contributed by atoms with Crippen molar-refractivity contribution in [1.29, 1.82) is 0 Å². The summed E-state index contributed by atoms with van der Waals surface area (Å²) in [4.78, 5) is 10.9. The van der Waals surface area contributed by atoms with Crippen molar-refractivity contribution in [3.63, 3.8) is 0 Å². The summed E-state index contributed by atoms with van der Waals surface area (Å²) in [6.07, 6.45) is 5.52. The number of alkyl halides is 1. The smallest absolute Gasteiger partial charge is 0.138 e. The lowest BCUT2D eigenvalue weighted by Gasteiger charge is -2.35. The average Bonchev–Trinajstić information content (AvgIpc) is 2.43. The Labute approximate surface area is 102 Å². The summed E-state index contributed by atoms with van der Waals surface area (Å²) >= 11 is 2.44. The maximum absolute atomic E-state index is 5.90. The van der Waals surface area contributed by atoms with Gasteiger partial charge in [-0.25, -0.2) is 9.97 Å². The summed E-state index contributed by atoms with van der Waals surface area (Å²) in [5.74, 6) is 1.73. The van der Waals surface area contributed by atoms with Crippen LogP contribution in [0.5, 0.6) is 0 Å². The van der Waals surface area contributed by atoms with Crippen LogP contribution in [0.15, 0.2) is 6.33 Å². The third-order valence-corrected chi connectivity index (χ3v) is 4.37. The number of nitrogens with zero attached hydrogens (tertiary/aromatic N) is 3. The van der Waals surface area contributed by atoms with E-state index in [1.807, 2.05) is 0 Å². The number of hydrogen-bond acceptors (Lipinski definition) is 4. The SMILES string of the molecule is Nc1ncnc2c1C(I)CN2C1CCC1. The van der Waals surface area contributed by atoms with Crippen molar-refractivity contribution in [2.45, 2.75) is 29.2 Å². The quantitative estimate of drug-likeness (QED) is 0.635. The monoisotopic (exact) mass is 316 g/mol. The molecule has 1 aromatic heterocycles. The van der Waals surface area contributed by atoms with Gasteiger partial charge in [0.1, 0.15) is 18.0 Å². The molecule has 1 fully saturated rings. The number of fused-ring (bicyclic) bond motifs is 1. The highest BCUT2D eigenvalue weighted by Crippen LogP contribution is 2.44. The molecule has 2 aliphatic rings. The van der Waals surface area contributed by atoms with Gasteiger partial charge >= 0.3 is 0 Å². The molecule has 2 heterocycles. The van der Waals surface area contributed by atoms with Gasteiger partial charge in [-0.3, -0.25) is 0 Å². The number of aromatic nitrogens is 2. The third kappa shape index (κ3) is 1.39. The first-order chi connectivity index (χ1) is 7.27. The Hall–Kier alpha value is -0.590. The Morgan fingerprint density at radius 3 is 2.87 bits per heavy atom. The third-order valence-electron chi connectivity index (χ3n) is 3.35. The van der Waals surface area contributed by atoms with Crippen LogP contribution >= 0.6 is 22.6 Å². The molecule has 3 rings (SSSR count). The highest BCUT2D eigenvalue weighted by molar-refractivity contribution is 14.1. The Bertz CT molecular complexity index is 391. The van der Waals surface area contributed by atoms with Gasteiger partial charge in [-0.1, -0.05) is 22.6 Å². The van der Waals surface area contributed by atoms with Crippen molar-refractivity contribution in [2.75, 3.05) is 17.2 Å². The van der Waals surface area contributed by atoms with Gasteiger partial charge < -0.3 is 10.6 Å². The van der Waals surface area contributed by atoms with Crippen LogP contribution in [0.3, 0.4) is 0 Å². The molecule has 0 amide bonds. The van der Waals surface area contributed by atoms with Crippen molar-refractivity contribution in [1.82, 2.24) is 9.97 Å². The van der Waals surface area contributed by atoms with Crippen LogP contribution in [0.2, 0.25) is 0 Å². The van der Waals surface area contributed by atoms with E-state index in [0.717, 1.165) is 17.9 Å².